The molecule has 0 aromatic carbocycles. The molecule has 1 N–H and O–H groups in total. The normalized spacial score (nSPS) is 9.07. The molecule has 0 radical (unpaired) electrons. The molecular weight excluding hydrogens is 178 g/mol. The van der Waals surface area contributed by atoms with Crippen LogP contribution in [0, 0.1) is 11.3 Å². The van der Waals surface area contributed by atoms with Crippen LogP contribution >= 0.6 is 0 Å². The Morgan fingerprint density at radius 3 is 2.86 bits per heavy atom. The molecule has 0 unspecified atom stereocenters. The van der Waals surface area contributed by atoms with Gasteiger partial charge in [0.05, 0.1) is 6.07 Å². The number of nitriles is 1. The highest BCUT2D eigenvalue weighted by molar-refractivity contribution is 5.77. The van der Waals surface area contributed by atoms with Crippen LogP contribution in [0.5, 0.6) is 0 Å². The third kappa shape index (κ3) is 3.68. The summed E-state index contributed by atoms with van der Waals surface area (Å²) in [6, 6.07) is 5.59. The van der Waals surface area contributed by atoms with Crippen LogP contribution < -0.4 is 5.32 Å². The van der Waals surface area contributed by atoms with Crippen LogP contribution in [-0.4, -0.2) is 17.4 Å². The van der Waals surface area contributed by atoms with Crippen molar-refractivity contribution < 1.29 is 4.79 Å². The molecule has 1 rings (SSSR count). The van der Waals surface area contributed by atoms with Gasteiger partial charge in [-0.3, -0.25) is 9.78 Å². The van der Waals surface area contributed by atoms with E-state index in [1.165, 1.54) is 0 Å². The zero-order chi connectivity index (χ0) is 10.2. The molecule has 1 amide bonds. The van der Waals surface area contributed by atoms with Gasteiger partial charge in [-0.25, -0.2) is 0 Å². The van der Waals surface area contributed by atoms with E-state index in [2.05, 4.69) is 10.3 Å². The number of amides is 1. The number of rotatable bonds is 4. The number of carbonyl (C=O) groups excluding carboxylic acids is 1. The quantitative estimate of drug-likeness (QED) is 0.756. The Bertz CT molecular complexity index is 329. The highest BCUT2D eigenvalue weighted by atomic mass is 16.1. The average molecular weight is 189 g/mol. The Labute approximate surface area is 82.6 Å². The molecule has 0 fully saturated rings. The summed E-state index contributed by atoms with van der Waals surface area (Å²) in [5.41, 5.74) is 1.12. The summed E-state index contributed by atoms with van der Waals surface area (Å²) in [6.07, 6.45) is 4.12. The van der Waals surface area contributed by atoms with Crippen molar-refractivity contribution in [2.24, 2.45) is 0 Å². The van der Waals surface area contributed by atoms with Crippen LogP contribution in [0.2, 0.25) is 0 Å². The zero-order valence-corrected chi connectivity index (χ0v) is 7.73. The van der Waals surface area contributed by atoms with E-state index < -0.39 is 0 Å². The van der Waals surface area contributed by atoms with E-state index in [1.54, 1.807) is 18.5 Å². The maximum absolute atomic E-state index is 10.9. The van der Waals surface area contributed by atoms with E-state index in [0.29, 0.717) is 6.54 Å². The molecule has 0 saturated carbocycles. The number of aromatic nitrogens is 1. The monoisotopic (exact) mass is 189 g/mol. The standard InChI is InChI=1S/C10H11N3O/c11-5-1-10(14)13-8-4-9-2-6-12-7-3-9/h2-3,6-7H,1,4,8H2,(H,13,14). The fraction of sp³-hybridized carbons (Fsp3) is 0.300. The van der Waals surface area contributed by atoms with Crippen LogP contribution in [0.15, 0.2) is 24.5 Å². The highest BCUT2D eigenvalue weighted by Gasteiger charge is 1.98. The van der Waals surface area contributed by atoms with Crippen molar-refractivity contribution in [1.29, 1.82) is 5.26 Å². The third-order valence-corrected chi connectivity index (χ3v) is 1.72. The number of carbonyl (C=O) groups is 1. The van der Waals surface area contributed by atoms with Crippen molar-refractivity contribution in [3.05, 3.63) is 30.1 Å². The lowest BCUT2D eigenvalue weighted by Crippen LogP contribution is -2.24. The van der Waals surface area contributed by atoms with Gasteiger partial charge in [0.15, 0.2) is 0 Å². The van der Waals surface area contributed by atoms with E-state index >= 15 is 0 Å². The van der Waals surface area contributed by atoms with E-state index in [1.807, 2.05) is 12.1 Å². The van der Waals surface area contributed by atoms with Crippen LogP contribution in [-0.2, 0) is 11.2 Å². The van der Waals surface area contributed by atoms with E-state index in [9.17, 15) is 4.79 Å². The van der Waals surface area contributed by atoms with E-state index in [0.717, 1.165) is 12.0 Å². The lowest BCUT2D eigenvalue weighted by atomic mass is 10.2. The van der Waals surface area contributed by atoms with E-state index in [-0.39, 0.29) is 12.3 Å². The molecule has 0 aliphatic heterocycles. The summed E-state index contributed by atoms with van der Waals surface area (Å²) >= 11 is 0. The molecule has 0 atom stereocenters. The molecule has 14 heavy (non-hydrogen) atoms. The van der Waals surface area contributed by atoms with Crippen molar-refractivity contribution in [3.8, 4) is 6.07 Å². The van der Waals surface area contributed by atoms with Crippen molar-refractivity contribution in [2.75, 3.05) is 6.54 Å². The molecule has 0 spiro atoms. The predicted octanol–water partition coefficient (Wildman–Crippen LogP) is 0.654. The number of nitrogens with zero attached hydrogens (tertiary/aromatic N) is 2. The fourth-order valence-electron chi connectivity index (χ4n) is 1.03. The summed E-state index contributed by atoms with van der Waals surface area (Å²) in [7, 11) is 0. The molecule has 1 aromatic rings. The molecule has 0 saturated heterocycles. The average Bonchev–Trinajstić information content (AvgIpc) is 2.20. The first-order valence-electron chi connectivity index (χ1n) is 4.35. The number of pyridine rings is 1. The van der Waals surface area contributed by atoms with Gasteiger partial charge in [-0.15, -0.1) is 0 Å². The molecular formula is C10H11N3O. The van der Waals surface area contributed by atoms with Gasteiger partial charge in [0.1, 0.15) is 6.42 Å². The smallest absolute Gasteiger partial charge is 0.234 e. The van der Waals surface area contributed by atoms with Gasteiger partial charge in [0.25, 0.3) is 0 Å². The minimum atomic E-state index is -0.221. The molecule has 0 bridgehead atoms. The van der Waals surface area contributed by atoms with Crippen molar-refractivity contribution in [2.45, 2.75) is 12.8 Å². The topological polar surface area (TPSA) is 65.8 Å². The summed E-state index contributed by atoms with van der Waals surface area (Å²) in [5, 5.41) is 10.9. The minimum absolute atomic E-state index is 0.0731. The van der Waals surface area contributed by atoms with Gasteiger partial charge in [0.2, 0.25) is 5.91 Å². The van der Waals surface area contributed by atoms with Gasteiger partial charge in [-0.2, -0.15) is 5.26 Å². The molecule has 0 aliphatic carbocycles. The zero-order valence-electron chi connectivity index (χ0n) is 7.73. The van der Waals surface area contributed by atoms with Gasteiger partial charge in [0, 0.05) is 18.9 Å². The van der Waals surface area contributed by atoms with Gasteiger partial charge < -0.3 is 5.32 Å². The second kappa shape index (κ2) is 5.70. The number of hydrogen-bond acceptors (Lipinski definition) is 3. The minimum Gasteiger partial charge on any atom is -0.355 e. The van der Waals surface area contributed by atoms with Crippen LogP contribution in [0.4, 0.5) is 0 Å². The van der Waals surface area contributed by atoms with Gasteiger partial charge >= 0.3 is 0 Å². The van der Waals surface area contributed by atoms with Crippen LogP contribution in [0.25, 0.3) is 0 Å². The van der Waals surface area contributed by atoms with E-state index in [4.69, 9.17) is 5.26 Å². The predicted molar refractivity (Wildman–Crippen MR) is 51.2 cm³/mol. The van der Waals surface area contributed by atoms with Crippen LogP contribution in [0.3, 0.4) is 0 Å². The summed E-state index contributed by atoms with van der Waals surface area (Å²) in [6.45, 7) is 0.560. The largest absolute Gasteiger partial charge is 0.355 e. The first kappa shape index (κ1) is 10.2. The highest BCUT2D eigenvalue weighted by Crippen LogP contribution is 1.95. The van der Waals surface area contributed by atoms with Crippen molar-refractivity contribution >= 4 is 5.91 Å². The first-order chi connectivity index (χ1) is 6.83. The third-order valence-electron chi connectivity index (χ3n) is 1.72. The van der Waals surface area contributed by atoms with Crippen molar-refractivity contribution in [1.82, 2.24) is 10.3 Å². The number of hydrogen-bond donors (Lipinski definition) is 1. The summed E-state index contributed by atoms with van der Waals surface area (Å²) < 4.78 is 0. The second-order valence-electron chi connectivity index (χ2n) is 2.79. The Kier molecular flexibility index (Phi) is 4.15. The lowest BCUT2D eigenvalue weighted by Gasteiger charge is -2.01. The Balaban J connectivity index is 2.23. The Morgan fingerprint density at radius 1 is 1.50 bits per heavy atom. The Morgan fingerprint density at radius 2 is 2.21 bits per heavy atom. The molecule has 4 nitrogen and oxygen atoms in total. The van der Waals surface area contributed by atoms with Crippen LogP contribution in [0.1, 0.15) is 12.0 Å². The maximum atomic E-state index is 10.9. The molecule has 1 heterocycles. The van der Waals surface area contributed by atoms with Gasteiger partial charge in [-0.05, 0) is 24.1 Å². The molecule has 72 valence electrons. The Hall–Kier alpha value is -1.89. The molecule has 0 aliphatic rings. The van der Waals surface area contributed by atoms with Gasteiger partial charge in [-0.1, -0.05) is 0 Å². The van der Waals surface area contributed by atoms with Crippen molar-refractivity contribution in [3.63, 3.8) is 0 Å². The summed E-state index contributed by atoms with van der Waals surface area (Å²) in [4.78, 5) is 14.8. The summed E-state index contributed by atoms with van der Waals surface area (Å²) in [5.74, 6) is -0.221. The molecule has 1 aromatic heterocycles. The second-order valence-corrected chi connectivity index (χ2v) is 2.79. The maximum Gasteiger partial charge on any atom is 0.234 e. The first-order valence-corrected chi connectivity index (χ1v) is 4.35. The molecule has 4 heteroatoms. The number of nitrogens with one attached hydrogen (secondary N) is 1. The SMILES string of the molecule is N#CCC(=O)NCCc1ccncc1. The lowest BCUT2D eigenvalue weighted by molar-refractivity contribution is -0.120. The fourth-order valence-corrected chi connectivity index (χ4v) is 1.03.